The highest BCUT2D eigenvalue weighted by Crippen LogP contribution is 2.44. The standard InChI is InChI=1S/C27H34N2O5/c1-27(2,25(31)32)29(3)24(30)16-6-4-5-11-17-28-26(33)34-18-23-21-14-9-7-12-19(21)20-13-8-10-15-22(20)23/h7-10,12-15,23H,4-6,11,16-18H2,1-3H3,(H,28,33)(H,31,32). The van der Waals surface area contributed by atoms with E-state index < -0.39 is 17.6 Å². The predicted molar refractivity (Wildman–Crippen MR) is 131 cm³/mol. The van der Waals surface area contributed by atoms with Gasteiger partial charge in [0.15, 0.2) is 0 Å². The van der Waals surface area contributed by atoms with Gasteiger partial charge in [-0.3, -0.25) is 4.79 Å². The molecule has 0 spiro atoms. The number of likely N-dealkylation sites (N-methyl/N-ethyl adjacent to an activating group) is 1. The van der Waals surface area contributed by atoms with Gasteiger partial charge in [-0.2, -0.15) is 0 Å². The number of unbranched alkanes of at least 4 members (excludes halogenated alkanes) is 3. The molecule has 0 atom stereocenters. The van der Waals surface area contributed by atoms with E-state index in [0.717, 1.165) is 19.3 Å². The number of fused-ring (bicyclic) bond motifs is 3. The number of rotatable bonds is 11. The minimum atomic E-state index is -1.22. The molecule has 0 aliphatic heterocycles. The summed E-state index contributed by atoms with van der Waals surface area (Å²) < 4.78 is 5.53. The van der Waals surface area contributed by atoms with Crippen molar-refractivity contribution in [2.24, 2.45) is 0 Å². The molecule has 1 aliphatic rings. The van der Waals surface area contributed by atoms with Crippen LogP contribution < -0.4 is 5.32 Å². The van der Waals surface area contributed by atoms with E-state index in [2.05, 4.69) is 29.6 Å². The van der Waals surface area contributed by atoms with E-state index in [9.17, 15) is 19.5 Å². The summed E-state index contributed by atoms with van der Waals surface area (Å²) in [6.45, 7) is 3.84. The van der Waals surface area contributed by atoms with Crippen LogP contribution in [0.5, 0.6) is 0 Å². The van der Waals surface area contributed by atoms with Gasteiger partial charge in [0.05, 0.1) is 0 Å². The molecule has 0 unspecified atom stereocenters. The van der Waals surface area contributed by atoms with Gasteiger partial charge in [-0.1, -0.05) is 61.4 Å². The van der Waals surface area contributed by atoms with Gasteiger partial charge >= 0.3 is 12.1 Å². The molecular formula is C27H34N2O5. The Hall–Kier alpha value is -3.35. The maximum absolute atomic E-state index is 12.2. The highest BCUT2D eigenvalue weighted by Gasteiger charge is 2.34. The van der Waals surface area contributed by atoms with Crippen LogP contribution >= 0.6 is 0 Å². The molecule has 2 amide bonds. The zero-order valence-corrected chi connectivity index (χ0v) is 20.2. The van der Waals surface area contributed by atoms with Gasteiger partial charge in [-0.25, -0.2) is 9.59 Å². The summed E-state index contributed by atoms with van der Waals surface area (Å²) in [6.07, 6.45) is 3.06. The van der Waals surface area contributed by atoms with Crippen LogP contribution in [-0.2, 0) is 14.3 Å². The molecule has 182 valence electrons. The summed E-state index contributed by atoms with van der Waals surface area (Å²) in [7, 11) is 1.52. The Morgan fingerprint density at radius 2 is 1.50 bits per heavy atom. The van der Waals surface area contributed by atoms with E-state index in [4.69, 9.17) is 4.74 Å². The molecule has 2 aromatic carbocycles. The van der Waals surface area contributed by atoms with Gasteiger partial charge in [-0.15, -0.1) is 0 Å². The second kappa shape index (κ2) is 11.2. The number of alkyl carbamates (subject to hydrolysis) is 1. The lowest BCUT2D eigenvalue weighted by molar-refractivity contribution is -0.155. The highest BCUT2D eigenvalue weighted by atomic mass is 16.5. The average Bonchev–Trinajstić information content (AvgIpc) is 3.15. The minimum Gasteiger partial charge on any atom is -0.480 e. The fraction of sp³-hybridized carbons (Fsp3) is 0.444. The second-order valence-corrected chi connectivity index (χ2v) is 9.23. The molecule has 7 nitrogen and oxygen atoms in total. The Bertz CT molecular complexity index is 988. The predicted octanol–water partition coefficient (Wildman–Crippen LogP) is 4.80. The van der Waals surface area contributed by atoms with E-state index in [0.29, 0.717) is 26.0 Å². The van der Waals surface area contributed by atoms with Crippen LogP contribution in [0.2, 0.25) is 0 Å². The van der Waals surface area contributed by atoms with E-state index in [1.165, 1.54) is 48.0 Å². The molecule has 1 aliphatic carbocycles. The Balaban J connectivity index is 1.33. The lowest BCUT2D eigenvalue weighted by Gasteiger charge is -2.31. The quantitative estimate of drug-likeness (QED) is 0.464. The summed E-state index contributed by atoms with van der Waals surface area (Å²) in [5.74, 6) is -1.16. The van der Waals surface area contributed by atoms with Crippen LogP contribution in [0.1, 0.15) is 63.0 Å². The largest absolute Gasteiger partial charge is 0.480 e. The number of carbonyl (C=O) groups is 3. The smallest absolute Gasteiger partial charge is 0.407 e. The summed E-state index contributed by atoms with van der Waals surface area (Å²) >= 11 is 0. The topological polar surface area (TPSA) is 95.9 Å². The van der Waals surface area contributed by atoms with E-state index in [1.807, 2.05) is 24.3 Å². The first-order valence-corrected chi connectivity index (χ1v) is 11.8. The van der Waals surface area contributed by atoms with Crippen molar-refractivity contribution in [2.75, 3.05) is 20.2 Å². The fourth-order valence-corrected chi connectivity index (χ4v) is 4.22. The van der Waals surface area contributed by atoms with Gasteiger partial charge in [0, 0.05) is 25.9 Å². The zero-order chi connectivity index (χ0) is 24.7. The van der Waals surface area contributed by atoms with Crippen molar-refractivity contribution in [1.29, 1.82) is 0 Å². The summed E-state index contributed by atoms with van der Waals surface area (Å²) in [6, 6.07) is 16.5. The van der Waals surface area contributed by atoms with E-state index >= 15 is 0 Å². The molecule has 0 heterocycles. The third-order valence-electron chi connectivity index (χ3n) is 6.67. The maximum Gasteiger partial charge on any atom is 0.407 e. The minimum absolute atomic E-state index is 0.0416. The van der Waals surface area contributed by atoms with Crippen molar-refractivity contribution < 1.29 is 24.2 Å². The number of carboxylic acids is 1. The van der Waals surface area contributed by atoms with Gasteiger partial charge in [0.1, 0.15) is 12.1 Å². The summed E-state index contributed by atoms with van der Waals surface area (Å²) in [5, 5.41) is 12.0. The van der Waals surface area contributed by atoms with Gasteiger partial charge in [0.2, 0.25) is 5.91 Å². The number of carboxylic acid groups (broad SMARTS) is 1. The van der Waals surface area contributed by atoms with Crippen molar-refractivity contribution in [3.05, 3.63) is 59.7 Å². The lowest BCUT2D eigenvalue weighted by Crippen LogP contribution is -2.50. The van der Waals surface area contributed by atoms with Gasteiger partial charge in [-0.05, 0) is 48.9 Å². The third kappa shape index (κ3) is 5.76. The molecule has 2 aromatic rings. The Kier molecular flexibility index (Phi) is 8.31. The lowest BCUT2D eigenvalue weighted by atomic mass is 9.98. The molecule has 7 heteroatoms. The van der Waals surface area contributed by atoms with Crippen LogP contribution in [0.3, 0.4) is 0 Å². The van der Waals surface area contributed by atoms with Crippen LogP contribution in [-0.4, -0.2) is 53.7 Å². The maximum atomic E-state index is 12.2. The number of carbonyl (C=O) groups excluding carboxylic acids is 2. The van der Waals surface area contributed by atoms with Crippen LogP contribution in [0, 0.1) is 0 Å². The highest BCUT2D eigenvalue weighted by molar-refractivity contribution is 5.86. The van der Waals surface area contributed by atoms with Gasteiger partial charge in [0.25, 0.3) is 0 Å². The van der Waals surface area contributed by atoms with Crippen LogP contribution in [0.25, 0.3) is 11.1 Å². The summed E-state index contributed by atoms with van der Waals surface area (Å²) in [5.41, 5.74) is 3.54. The first-order chi connectivity index (χ1) is 16.2. The molecule has 0 saturated heterocycles. The molecule has 0 saturated carbocycles. The number of aliphatic carboxylic acids is 1. The second-order valence-electron chi connectivity index (χ2n) is 9.23. The van der Waals surface area contributed by atoms with Crippen molar-refractivity contribution in [2.45, 2.75) is 57.4 Å². The van der Waals surface area contributed by atoms with Crippen molar-refractivity contribution in [3.63, 3.8) is 0 Å². The summed E-state index contributed by atoms with van der Waals surface area (Å²) in [4.78, 5) is 36.9. The third-order valence-corrected chi connectivity index (χ3v) is 6.67. The molecule has 0 fully saturated rings. The SMILES string of the molecule is CN(C(=O)CCCCCCNC(=O)OCC1c2ccccc2-c2ccccc21)C(C)(C)C(=O)O. The Labute approximate surface area is 201 Å². The monoisotopic (exact) mass is 466 g/mol. The molecular weight excluding hydrogens is 432 g/mol. The number of hydrogen-bond donors (Lipinski definition) is 2. The van der Waals surface area contributed by atoms with Gasteiger partial charge < -0.3 is 20.1 Å². The Morgan fingerprint density at radius 3 is 2.09 bits per heavy atom. The number of ether oxygens (including phenoxy) is 1. The number of benzene rings is 2. The molecule has 0 aromatic heterocycles. The first-order valence-electron chi connectivity index (χ1n) is 11.8. The van der Waals surface area contributed by atoms with Crippen molar-refractivity contribution in [1.82, 2.24) is 10.2 Å². The number of hydrogen-bond acceptors (Lipinski definition) is 4. The molecule has 0 bridgehead atoms. The van der Waals surface area contributed by atoms with Crippen molar-refractivity contribution in [3.8, 4) is 11.1 Å². The van der Waals surface area contributed by atoms with Crippen molar-refractivity contribution >= 4 is 18.0 Å². The Morgan fingerprint density at radius 1 is 0.941 bits per heavy atom. The first kappa shape index (κ1) is 25.3. The number of amides is 2. The van der Waals surface area contributed by atoms with Crippen LogP contribution in [0.15, 0.2) is 48.5 Å². The number of nitrogens with zero attached hydrogens (tertiary/aromatic N) is 1. The molecule has 2 N–H and O–H groups in total. The molecule has 34 heavy (non-hydrogen) atoms. The molecule has 3 rings (SSSR count). The normalized spacial score (nSPS) is 12.6. The fourth-order valence-electron chi connectivity index (χ4n) is 4.22. The zero-order valence-electron chi connectivity index (χ0n) is 20.2. The van der Waals surface area contributed by atoms with E-state index in [1.54, 1.807) is 0 Å². The number of nitrogens with one attached hydrogen (secondary N) is 1. The molecule has 0 radical (unpaired) electrons. The van der Waals surface area contributed by atoms with E-state index in [-0.39, 0.29) is 11.8 Å². The average molecular weight is 467 g/mol. The van der Waals surface area contributed by atoms with Crippen LogP contribution in [0.4, 0.5) is 4.79 Å².